The zero-order valence-electron chi connectivity index (χ0n) is 15.2. The van der Waals surface area contributed by atoms with E-state index in [1.807, 2.05) is 43.6 Å². The van der Waals surface area contributed by atoms with Gasteiger partial charge in [-0.25, -0.2) is 0 Å². The number of hydrogen-bond donors (Lipinski definition) is 0. The number of unbranched alkanes of at least 4 members (excludes halogenated alkanes) is 1. The molecular formula is C20H26ClN3O2. The van der Waals surface area contributed by atoms with E-state index >= 15 is 0 Å². The fraction of sp³-hybridized carbons (Fsp3) is 0.500. The normalized spacial score (nSPS) is 24.1. The third-order valence-electron chi connectivity index (χ3n) is 4.96. The Bertz CT molecular complexity index is 662. The van der Waals surface area contributed by atoms with Gasteiger partial charge in [-0.3, -0.25) is 4.79 Å². The zero-order valence-corrected chi connectivity index (χ0v) is 15.9. The number of fused-ring (bicyclic) bond motifs is 1. The summed E-state index contributed by atoms with van der Waals surface area (Å²) in [6.45, 7) is 1.94. The van der Waals surface area contributed by atoms with Crippen molar-refractivity contribution in [2.45, 2.75) is 31.9 Å². The van der Waals surface area contributed by atoms with Gasteiger partial charge in [0.05, 0.1) is 5.71 Å². The van der Waals surface area contributed by atoms with E-state index in [1.54, 1.807) is 4.90 Å². The lowest BCUT2D eigenvalue weighted by molar-refractivity contribution is -0.134. The maximum absolute atomic E-state index is 12.8. The van der Waals surface area contributed by atoms with Gasteiger partial charge in [0.25, 0.3) is 0 Å². The average Bonchev–Trinajstić information content (AvgIpc) is 3.03. The largest absolute Gasteiger partial charge is 0.391 e. The maximum atomic E-state index is 12.8. The van der Waals surface area contributed by atoms with Crippen LogP contribution in [0.5, 0.6) is 0 Å². The van der Waals surface area contributed by atoms with Crippen molar-refractivity contribution in [3.63, 3.8) is 0 Å². The summed E-state index contributed by atoms with van der Waals surface area (Å²) in [4.78, 5) is 22.4. The van der Waals surface area contributed by atoms with Crippen LogP contribution in [0.1, 0.15) is 24.8 Å². The molecule has 3 rings (SSSR count). The number of halogens is 1. The van der Waals surface area contributed by atoms with Crippen LogP contribution in [0.25, 0.3) is 0 Å². The Hall–Kier alpha value is -2.01. The van der Waals surface area contributed by atoms with Crippen molar-refractivity contribution in [1.29, 1.82) is 0 Å². The second kappa shape index (κ2) is 9.08. The number of likely N-dealkylation sites (N-methyl/N-ethyl adjacent to an activating group) is 1. The van der Waals surface area contributed by atoms with Gasteiger partial charge in [-0.05, 0) is 24.6 Å². The summed E-state index contributed by atoms with van der Waals surface area (Å²) < 4.78 is 0. The second-order valence-corrected chi connectivity index (χ2v) is 7.18. The Labute approximate surface area is 160 Å². The fourth-order valence-corrected chi connectivity index (χ4v) is 3.64. The summed E-state index contributed by atoms with van der Waals surface area (Å²) in [5, 5.41) is 4.42. The molecule has 0 N–H and O–H groups in total. The number of likely N-dealkylation sites (tertiary alicyclic amines) is 1. The standard InChI is InChI=1S/C20H26ClN3O2/c1-23-13-10-18(22-26-15-16-7-3-2-4-8-16)17-9-14-24(12-6-5-11-21)19(17)20(23)25/h2-4,7-9,14,17,19H,5-6,10-13,15H2,1H3/b22-18-. The van der Waals surface area contributed by atoms with E-state index in [2.05, 4.69) is 16.1 Å². The first-order valence-electron chi connectivity index (χ1n) is 9.18. The number of hydrogen-bond acceptors (Lipinski definition) is 4. The van der Waals surface area contributed by atoms with Crippen LogP contribution in [0.2, 0.25) is 0 Å². The van der Waals surface area contributed by atoms with Crippen molar-refractivity contribution >= 4 is 23.2 Å². The molecule has 1 fully saturated rings. The average molecular weight is 376 g/mol. The summed E-state index contributed by atoms with van der Waals surface area (Å²) in [7, 11) is 1.86. The number of carbonyl (C=O) groups excluding carboxylic acids is 1. The maximum Gasteiger partial charge on any atom is 0.246 e. The molecule has 2 aliphatic rings. The molecule has 26 heavy (non-hydrogen) atoms. The van der Waals surface area contributed by atoms with Crippen molar-refractivity contribution in [2.75, 3.05) is 26.0 Å². The highest BCUT2D eigenvalue weighted by atomic mass is 35.5. The van der Waals surface area contributed by atoms with Gasteiger partial charge in [-0.15, -0.1) is 11.6 Å². The van der Waals surface area contributed by atoms with Gasteiger partial charge in [0, 0.05) is 38.4 Å². The van der Waals surface area contributed by atoms with Crippen molar-refractivity contribution < 1.29 is 9.63 Å². The molecule has 5 nitrogen and oxygen atoms in total. The summed E-state index contributed by atoms with van der Waals surface area (Å²) >= 11 is 5.79. The van der Waals surface area contributed by atoms with Gasteiger partial charge in [0.2, 0.25) is 5.91 Å². The summed E-state index contributed by atoms with van der Waals surface area (Å²) in [5.41, 5.74) is 2.03. The van der Waals surface area contributed by atoms with E-state index in [9.17, 15) is 4.79 Å². The minimum Gasteiger partial charge on any atom is -0.391 e. The molecule has 1 aromatic rings. The van der Waals surface area contributed by atoms with Gasteiger partial charge >= 0.3 is 0 Å². The topological polar surface area (TPSA) is 45.1 Å². The van der Waals surface area contributed by atoms with Gasteiger partial charge in [-0.2, -0.15) is 0 Å². The fourth-order valence-electron chi connectivity index (χ4n) is 3.45. The number of carbonyl (C=O) groups is 1. The Morgan fingerprint density at radius 1 is 1.27 bits per heavy atom. The molecule has 2 unspecified atom stereocenters. The van der Waals surface area contributed by atoms with E-state index in [4.69, 9.17) is 16.4 Å². The second-order valence-electron chi connectivity index (χ2n) is 6.80. The molecule has 2 atom stereocenters. The number of nitrogens with zero attached hydrogens (tertiary/aromatic N) is 3. The molecule has 2 heterocycles. The molecule has 0 aliphatic carbocycles. The highest BCUT2D eigenvalue weighted by Crippen LogP contribution is 2.29. The van der Waals surface area contributed by atoms with Crippen LogP contribution in [0, 0.1) is 5.92 Å². The quantitative estimate of drug-likeness (QED) is 0.417. The van der Waals surface area contributed by atoms with E-state index < -0.39 is 0 Å². The van der Waals surface area contributed by atoms with Crippen LogP contribution < -0.4 is 0 Å². The van der Waals surface area contributed by atoms with Crippen LogP contribution in [-0.2, 0) is 16.2 Å². The predicted octanol–water partition coefficient (Wildman–Crippen LogP) is 3.25. The van der Waals surface area contributed by atoms with E-state index in [0.29, 0.717) is 19.0 Å². The number of amides is 1. The number of benzene rings is 1. The first-order chi connectivity index (χ1) is 12.7. The van der Waals surface area contributed by atoms with Gasteiger partial charge < -0.3 is 14.6 Å². The molecule has 1 amide bonds. The van der Waals surface area contributed by atoms with Crippen LogP contribution >= 0.6 is 11.6 Å². The van der Waals surface area contributed by atoms with Gasteiger partial charge in [0.1, 0.15) is 12.6 Å². The Kier molecular flexibility index (Phi) is 6.56. The third kappa shape index (κ3) is 4.39. The number of rotatable bonds is 7. The van der Waals surface area contributed by atoms with E-state index in [1.165, 1.54) is 0 Å². The highest BCUT2D eigenvalue weighted by Gasteiger charge is 2.41. The Morgan fingerprint density at radius 3 is 2.85 bits per heavy atom. The molecule has 0 radical (unpaired) electrons. The molecular weight excluding hydrogens is 350 g/mol. The molecule has 1 aromatic carbocycles. The SMILES string of the molecule is CN1CC/C(=N/OCc2ccccc2)C2C=CN(CCCCCl)C2C1=O. The summed E-state index contributed by atoms with van der Waals surface area (Å²) in [6.07, 6.45) is 6.79. The van der Waals surface area contributed by atoms with Crippen molar-refractivity contribution in [1.82, 2.24) is 9.80 Å². The monoisotopic (exact) mass is 375 g/mol. The zero-order chi connectivity index (χ0) is 18.4. The van der Waals surface area contributed by atoms with Crippen LogP contribution in [0.3, 0.4) is 0 Å². The van der Waals surface area contributed by atoms with Crippen molar-refractivity contribution in [2.24, 2.45) is 11.1 Å². The first kappa shape index (κ1) is 18.8. The molecule has 6 heteroatoms. The molecule has 0 aromatic heterocycles. The van der Waals surface area contributed by atoms with Gasteiger partial charge in [0.15, 0.2) is 0 Å². The lowest BCUT2D eigenvalue weighted by Gasteiger charge is -2.29. The lowest BCUT2D eigenvalue weighted by atomic mass is 9.95. The molecule has 0 bridgehead atoms. The van der Waals surface area contributed by atoms with Crippen LogP contribution in [0.4, 0.5) is 0 Å². The van der Waals surface area contributed by atoms with Crippen molar-refractivity contribution in [3.05, 3.63) is 48.2 Å². The van der Waals surface area contributed by atoms with Crippen LogP contribution in [-0.4, -0.2) is 53.5 Å². The Balaban J connectivity index is 1.69. The van der Waals surface area contributed by atoms with Crippen molar-refractivity contribution in [3.8, 4) is 0 Å². The van der Waals surface area contributed by atoms with Crippen LogP contribution in [0.15, 0.2) is 47.8 Å². The number of oxime groups is 1. The lowest BCUT2D eigenvalue weighted by Crippen LogP contribution is -2.46. The van der Waals surface area contributed by atoms with Gasteiger partial charge in [-0.1, -0.05) is 41.6 Å². The molecule has 0 spiro atoms. The summed E-state index contributed by atoms with van der Waals surface area (Å²) in [5.74, 6) is 0.790. The Morgan fingerprint density at radius 2 is 2.08 bits per heavy atom. The number of alkyl halides is 1. The highest BCUT2D eigenvalue weighted by molar-refractivity contribution is 6.17. The molecule has 2 aliphatic heterocycles. The summed E-state index contributed by atoms with van der Waals surface area (Å²) in [6, 6.07) is 9.77. The predicted molar refractivity (Wildman–Crippen MR) is 104 cm³/mol. The minimum atomic E-state index is -0.211. The smallest absolute Gasteiger partial charge is 0.246 e. The van der Waals surface area contributed by atoms with E-state index in [-0.39, 0.29) is 17.9 Å². The molecule has 0 saturated carbocycles. The molecule has 1 saturated heterocycles. The van der Waals surface area contributed by atoms with E-state index in [0.717, 1.165) is 37.1 Å². The third-order valence-corrected chi connectivity index (χ3v) is 5.22. The first-order valence-corrected chi connectivity index (χ1v) is 9.72. The molecule has 140 valence electrons. The minimum absolute atomic E-state index is 0.0146.